The van der Waals surface area contributed by atoms with Crippen molar-refractivity contribution in [2.75, 3.05) is 0 Å². The van der Waals surface area contributed by atoms with E-state index in [0.29, 0.717) is 6.07 Å². The molecular weight excluding hydrogens is 194 g/mol. The van der Waals surface area contributed by atoms with E-state index in [-0.39, 0.29) is 5.56 Å². The van der Waals surface area contributed by atoms with E-state index in [1.807, 2.05) is 0 Å². The van der Waals surface area contributed by atoms with E-state index in [1.54, 1.807) is 0 Å². The minimum atomic E-state index is -1.45. The third kappa shape index (κ3) is 2.50. The second-order valence-corrected chi connectivity index (χ2v) is 2.78. The smallest absolute Gasteiger partial charge is 0.306 e. The Kier molecular flexibility index (Phi) is 3.14. The average Bonchev–Trinajstić information content (AvgIpc) is 2.01. The number of rotatable bonds is 3. The molecule has 2 N–H and O–H groups in total. The summed E-state index contributed by atoms with van der Waals surface area (Å²) in [6.07, 6.45) is -2.06. The van der Waals surface area contributed by atoms with Gasteiger partial charge in [0.2, 0.25) is 0 Å². The van der Waals surface area contributed by atoms with Gasteiger partial charge in [0.1, 0.15) is 11.6 Å². The molecule has 0 aliphatic carbocycles. The largest absolute Gasteiger partial charge is 0.481 e. The van der Waals surface area contributed by atoms with Gasteiger partial charge in [-0.05, 0) is 6.07 Å². The Morgan fingerprint density at radius 1 is 1.43 bits per heavy atom. The standard InChI is InChI=1S/C9H8F2O3/c10-5-1-2-6(7(11)3-5)8(12)4-9(13)14/h1-3,8,12H,4H2,(H,13,14)/t8-/m1/s1. The van der Waals surface area contributed by atoms with Crippen molar-refractivity contribution in [3.05, 3.63) is 35.4 Å². The lowest BCUT2D eigenvalue weighted by atomic mass is 10.1. The normalized spacial score (nSPS) is 12.5. The maximum Gasteiger partial charge on any atom is 0.306 e. The van der Waals surface area contributed by atoms with Gasteiger partial charge >= 0.3 is 5.97 Å². The van der Waals surface area contributed by atoms with Gasteiger partial charge in [0, 0.05) is 11.6 Å². The quantitative estimate of drug-likeness (QED) is 0.780. The Morgan fingerprint density at radius 3 is 2.57 bits per heavy atom. The first-order valence-electron chi connectivity index (χ1n) is 3.85. The van der Waals surface area contributed by atoms with Gasteiger partial charge < -0.3 is 10.2 Å². The average molecular weight is 202 g/mol. The molecule has 0 bridgehead atoms. The van der Waals surface area contributed by atoms with Crippen molar-refractivity contribution in [1.29, 1.82) is 0 Å². The van der Waals surface area contributed by atoms with E-state index in [1.165, 1.54) is 0 Å². The molecule has 1 rings (SSSR count). The Balaban J connectivity index is 2.90. The molecule has 1 atom stereocenters. The van der Waals surface area contributed by atoms with Gasteiger partial charge in [-0.1, -0.05) is 6.07 Å². The first-order chi connectivity index (χ1) is 6.50. The van der Waals surface area contributed by atoms with Gasteiger partial charge in [-0.3, -0.25) is 4.79 Å². The molecule has 3 nitrogen and oxygen atoms in total. The highest BCUT2D eigenvalue weighted by Gasteiger charge is 2.16. The van der Waals surface area contributed by atoms with Crippen molar-refractivity contribution < 1.29 is 23.8 Å². The number of carboxylic acid groups (broad SMARTS) is 1. The fourth-order valence-electron chi connectivity index (χ4n) is 1.05. The molecule has 0 fully saturated rings. The van der Waals surface area contributed by atoms with Crippen LogP contribution in [0.5, 0.6) is 0 Å². The molecule has 1 aromatic carbocycles. The third-order valence-corrected chi connectivity index (χ3v) is 1.69. The van der Waals surface area contributed by atoms with Crippen molar-refractivity contribution in [1.82, 2.24) is 0 Å². The molecule has 0 aliphatic heterocycles. The molecule has 14 heavy (non-hydrogen) atoms. The Hall–Kier alpha value is -1.49. The SMILES string of the molecule is O=C(O)C[C@@H](O)c1ccc(F)cc1F. The van der Waals surface area contributed by atoms with Crippen LogP contribution in [0.15, 0.2) is 18.2 Å². The van der Waals surface area contributed by atoms with Crippen LogP contribution in [0.25, 0.3) is 0 Å². The third-order valence-electron chi connectivity index (χ3n) is 1.69. The van der Waals surface area contributed by atoms with E-state index >= 15 is 0 Å². The van der Waals surface area contributed by atoms with Crippen molar-refractivity contribution in [2.24, 2.45) is 0 Å². The monoisotopic (exact) mass is 202 g/mol. The molecule has 5 heteroatoms. The zero-order valence-electron chi connectivity index (χ0n) is 7.08. The number of benzene rings is 1. The molecule has 0 radical (unpaired) electrons. The van der Waals surface area contributed by atoms with Gasteiger partial charge in [0.25, 0.3) is 0 Å². The molecule has 0 saturated carbocycles. The molecule has 0 heterocycles. The van der Waals surface area contributed by atoms with Gasteiger partial charge in [-0.2, -0.15) is 0 Å². The summed E-state index contributed by atoms with van der Waals surface area (Å²) in [7, 11) is 0. The lowest BCUT2D eigenvalue weighted by Crippen LogP contribution is -2.07. The number of aliphatic hydroxyl groups excluding tert-OH is 1. The van der Waals surface area contributed by atoms with Crippen LogP contribution < -0.4 is 0 Å². The highest BCUT2D eigenvalue weighted by molar-refractivity contribution is 5.67. The van der Waals surface area contributed by atoms with Crippen molar-refractivity contribution in [2.45, 2.75) is 12.5 Å². The first kappa shape index (κ1) is 10.6. The first-order valence-corrected chi connectivity index (χ1v) is 3.85. The number of hydrogen-bond donors (Lipinski definition) is 2. The summed E-state index contributed by atoms with van der Waals surface area (Å²) in [5, 5.41) is 17.6. The lowest BCUT2D eigenvalue weighted by molar-refractivity contribution is -0.139. The molecule has 76 valence electrons. The summed E-state index contributed by atoms with van der Waals surface area (Å²) in [5.41, 5.74) is -0.214. The number of carbonyl (C=O) groups is 1. The van der Waals surface area contributed by atoms with E-state index < -0.39 is 30.1 Å². The van der Waals surface area contributed by atoms with E-state index in [9.17, 15) is 18.7 Å². The second kappa shape index (κ2) is 4.15. The lowest BCUT2D eigenvalue weighted by Gasteiger charge is -2.08. The minimum absolute atomic E-state index is 0.214. The summed E-state index contributed by atoms with van der Waals surface area (Å²) < 4.78 is 25.4. The molecule has 0 aliphatic rings. The zero-order chi connectivity index (χ0) is 10.7. The number of aliphatic carboxylic acids is 1. The van der Waals surface area contributed by atoms with Gasteiger partial charge in [0.05, 0.1) is 12.5 Å². The van der Waals surface area contributed by atoms with Crippen LogP contribution in [0.3, 0.4) is 0 Å². The molecule has 0 spiro atoms. The van der Waals surface area contributed by atoms with Crippen LogP contribution in [-0.2, 0) is 4.79 Å². The molecule has 0 amide bonds. The molecular formula is C9H8F2O3. The van der Waals surface area contributed by atoms with Crippen LogP contribution in [-0.4, -0.2) is 16.2 Å². The number of carboxylic acids is 1. The highest BCUT2D eigenvalue weighted by atomic mass is 19.1. The molecule has 1 aromatic rings. The molecule has 0 saturated heterocycles. The van der Waals surface area contributed by atoms with Crippen LogP contribution >= 0.6 is 0 Å². The summed E-state index contributed by atoms with van der Waals surface area (Å²) in [6, 6.07) is 2.59. The molecule has 0 aromatic heterocycles. The predicted octanol–water partition coefficient (Wildman–Crippen LogP) is 1.47. The van der Waals surface area contributed by atoms with Crippen LogP contribution in [0.4, 0.5) is 8.78 Å². The summed E-state index contributed by atoms with van der Waals surface area (Å²) >= 11 is 0. The van der Waals surface area contributed by atoms with Gasteiger partial charge in [-0.15, -0.1) is 0 Å². The summed E-state index contributed by atoms with van der Waals surface area (Å²) in [6.45, 7) is 0. The fourth-order valence-corrected chi connectivity index (χ4v) is 1.05. The second-order valence-electron chi connectivity index (χ2n) is 2.78. The number of aliphatic hydroxyl groups is 1. The maximum atomic E-state index is 13.0. The molecule has 0 unspecified atom stereocenters. The van der Waals surface area contributed by atoms with Crippen molar-refractivity contribution >= 4 is 5.97 Å². The summed E-state index contributed by atoms with van der Waals surface area (Å²) in [5.74, 6) is -2.96. The van der Waals surface area contributed by atoms with Gasteiger partial charge in [-0.25, -0.2) is 8.78 Å². The van der Waals surface area contributed by atoms with E-state index in [4.69, 9.17) is 5.11 Å². The van der Waals surface area contributed by atoms with Crippen molar-refractivity contribution in [3.8, 4) is 0 Å². The summed E-state index contributed by atoms with van der Waals surface area (Å²) in [4.78, 5) is 10.2. The Labute approximate surface area is 78.6 Å². The van der Waals surface area contributed by atoms with E-state index in [2.05, 4.69) is 0 Å². The predicted molar refractivity (Wildman–Crippen MR) is 43.6 cm³/mol. The zero-order valence-corrected chi connectivity index (χ0v) is 7.08. The topological polar surface area (TPSA) is 57.5 Å². The van der Waals surface area contributed by atoms with Crippen LogP contribution in [0.2, 0.25) is 0 Å². The van der Waals surface area contributed by atoms with Crippen LogP contribution in [0.1, 0.15) is 18.1 Å². The number of hydrogen-bond acceptors (Lipinski definition) is 2. The maximum absolute atomic E-state index is 13.0. The van der Waals surface area contributed by atoms with Gasteiger partial charge in [0.15, 0.2) is 0 Å². The Bertz CT molecular complexity index is 352. The van der Waals surface area contributed by atoms with Crippen LogP contribution in [0, 0.1) is 11.6 Å². The fraction of sp³-hybridized carbons (Fsp3) is 0.222. The van der Waals surface area contributed by atoms with Crippen molar-refractivity contribution in [3.63, 3.8) is 0 Å². The van der Waals surface area contributed by atoms with E-state index in [0.717, 1.165) is 12.1 Å². The Morgan fingerprint density at radius 2 is 2.07 bits per heavy atom. The highest BCUT2D eigenvalue weighted by Crippen LogP contribution is 2.20. The number of halogens is 2. The minimum Gasteiger partial charge on any atom is -0.481 e.